The zero-order valence-electron chi connectivity index (χ0n) is 14.1. The van der Waals surface area contributed by atoms with E-state index in [1.165, 1.54) is 0 Å². The van der Waals surface area contributed by atoms with Crippen molar-refractivity contribution in [3.05, 3.63) is 36.1 Å². The minimum atomic E-state index is -0.475. The van der Waals surface area contributed by atoms with Gasteiger partial charge in [-0.1, -0.05) is 19.1 Å². The van der Waals surface area contributed by atoms with Gasteiger partial charge in [-0.05, 0) is 51.3 Å². The van der Waals surface area contributed by atoms with Crippen LogP contribution in [0.3, 0.4) is 0 Å². The number of fused-ring (bicyclic) bond motifs is 1. The van der Waals surface area contributed by atoms with Crippen LogP contribution in [0.15, 0.2) is 34.9 Å². The van der Waals surface area contributed by atoms with E-state index in [1.807, 2.05) is 39.0 Å². The van der Waals surface area contributed by atoms with Gasteiger partial charge in [0.15, 0.2) is 0 Å². The van der Waals surface area contributed by atoms with Gasteiger partial charge in [0.1, 0.15) is 11.2 Å². The molecule has 0 spiro atoms. The molecule has 4 nitrogen and oxygen atoms in total. The van der Waals surface area contributed by atoms with E-state index in [1.54, 1.807) is 18.2 Å². The molecule has 0 fully saturated rings. The highest BCUT2D eigenvalue weighted by Gasteiger charge is 2.24. The number of likely N-dealkylation sites (N-methyl/N-ethyl adjacent to an activating group) is 1. The lowest BCUT2D eigenvalue weighted by Gasteiger charge is -2.30. The molecule has 120 valence electrons. The third kappa shape index (κ3) is 4.03. The van der Waals surface area contributed by atoms with Gasteiger partial charge < -0.3 is 14.1 Å². The predicted octanol–water partition coefficient (Wildman–Crippen LogP) is 4.62. The summed E-state index contributed by atoms with van der Waals surface area (Å²) in [7, 11) is 1.80. The second kappa shape index (κ2) is 6.42. The molecule has 0 aliphatic heterocycles. The number of furan rings is 1. The Bertz CT molecular complexity index is 639. The maximum Gasteiger partial charge on any atom is 0.410 e. The fraction of sp³-hybridized carbons (Fsp3) is 0.500. The Labute approximate surface area is 132 Å². The summed E-state index contributed by atoms with van der Waals surface area (Å²) in [5, 5.41) is 1.09. The van der Waals surface area contributed by atoms with Gasteiger partial charge >= 0.3 is 6.09 Å². The van der Waals surface area contributed by atoms with Crippen molar-refractivity contribution in [2.24, 2.45) is 0 Å². The zero-order valence-corrected chi connectivity index (χ0v) is 14.1. The van der Waals surface area contributed by atoms with Gasteiger partial charge in [0.2, 0.25) is 0 Å². The SMILES string of the molecule is CCC(Cc1ccc2ccoc2c1)N(C)C(=O)OC(C)(C)C. The summed E-state index contributed by atoms with van der Waals surface area (Å²) in [6.07, 6.45) is 3.06. The number of ether oxygens (including phenoxy) is 1. The number of carbonyl (C=O) groups is 1. The highest BCUT2D eigenvalue weighted by molar-refractivity contribution is 5.77. The Kier molecular flexibility index (Phi) is 4.79. The van der Waals surface area contributed by atoms with Crippen LogP contribution in [0.25, 0.3) is 11.0 Å². The normalized spacial score (nSPS) is 13.1. The molecule has 1 atom stereocenters. The highest BCUT2D eigenvalue weighted by atomic mass is 16.6. The maximum atomic E-state index is 12.2. The molecule has 0 bridgehead atoms. The van der Waals surface area contributed by atoms with Crippen LogP contribution in [0.4, 0.5) is 4.79 Å². The summed E-state index contributed by atoms with van der Waals surface area (Å²) in [5.41, 5.74) is 1.56. The van der Waals surface area contributed by atoms with Crippen LogP contribution >= 0.6 is 0 Å². The second-order valence-corrected chi connectivity index (χ2v) is 6.65. The molecule has 1 unspecified atom stereocenters. The van der Waals surface area contributed by atoms with Crippen LogP contribution in [0.5, 0.6) is 0 Å². The van der Waals surface area contributed by atoms with Crippen LogP contribution in [-0.4, -0.2) is 29.7 Å². The lowest BCUT2D eigenvalue weighted by atomic mass is 10.0. The van der Waals surface area contributed by atoms with E-state index in [2.05, 4.69) is 13.0 Å². The number of hydrogen-bond donors (Lipinski definition) is 0. The summed E-state index contributed by atoms with van der Waals surface area (Å²) >= 11 is 0. The van der Waals surface area contributed by atoms with E-state index in [0.29, 0.717) is 0 Å². The molecule has 0 aliphatic carbocycles. The van der Waals surface area contributed by atoms with E-state index in [0.717, 1.165) is 29.4 Å². The van der Waals surface area contributed by atoms with Crippen molar-refractivity contribution in [1.29, 1.82) is 0 Å². The first-order valence-corrected chi connectivity index (χ1v) is 7.72. The van der Waals surface area contributed by atoms with E-state index in [4.69, 9.17) is 9.15 Å². The Morgan fingerprint density at radius 3 is 2.68 bits per heavy atom. The van der Waals surface area contributed by atoms with Gasteiger partial charge in [0.25, 0.3) is 0 Å². The third-order valence-corrected chi connectivity index (χ3v) is 3.69. The molecule has 4 heteroatoms. The Hall–Kier alpha value is -1.97. The minimum Gasteiger partial charge on any atom is -0.464 e. The Morgan fingerprint density at radius 1 is 1.32 bits per heavy atom. The number of benzene rings is 1. The molecule has 1 aromatic heterocycles. The van der Waals surface area contributed by atoms with E-state index in [-0.39, 0.29) is 12.1 Å². The first-order valence-electron chi connectivity index (χ1n) is 7.72. The van der Waals surface area contributed by atoms with Crippen LogP contribution in [0.1, 0.15) is 39.7 Å². The zero-order chi connectivity index (χ0) is 16.3. The van der Waals surface area contributed by atoms with Crippen molar-refractivity contribution in [2.45, 2.75) is 52.2 Å². The van der Waals surface area contributed by atoms with E-state index in [9.17, 15) is 4.79 Å². The summed E-state index contributed by atoms with van der Waals surface area (Å²) in [6, 6.07) is 8.23. The molecular formula is C18H25NO3. The average Bonchev–Trinajstić information content (AvgIpc) is 2.89. The number of amides is 1. The lowest BCUT2D eigenvalue weighted by Crippen LogP contribution is -2.41. The van der Waals surface area contributed by atoms with E-state index >= 15 is 0 Å². The maximum absolute atomic E-state index is 12.2. The monoisotopic (exact) mass is 303 g/mol. The van der Waals surface area contributed by atoms with Crippen LogP contribution in [0, 0.1) is 0 Å². The second-order valence-electron chi connectivity index (χ2n) is 6.65. The molecule has 22 heavy (non-hydrogen) atoms. The smallest absolute Gasteiger partial charge is 0.410 e. The van der Waals surface area contributed by atoms with Crippen molar-refractivity contribution in [3.8, 4) is 0 Å². The molecule has 0 N–H and O–H groups in total. The number of hydrogen-bond acceptors (Lipinski definition) is 3. The molecule has 0 radical (unpaired) electrons. The van der Waals surface area contributed by atoms with Gasteiger partial charge in [-0.2, -0.15) is 0 Å². The molecule has 2 aromatic rings. The van der Waals surface area contributed by atoms with Gasteiger partial charge in [-0.25, -0.2) is 4.79 Å². The lowest BCUT2D eigenvalue weighted by molar-refractivity contribution is 0.0218. The largest absolute Gasteiger partial charge is 0.464 e. The van der Waals surface area contributed by atoms with Gasteiger partial charge in [-0.3, -0.25) is 0 Å². The quantitative estimate of drug-likeness (QED) is 0.827. The number of carbonyl (C=O) groups excluding carboxylic acids is 1. The molecule has 0 saturated carbocycles. The van der Waals surface area contributed by atoms with Crippen molar-refractivity contribution >= 4 is 17.1 Å². The van der Waals surface area contributed by atoms with Crippen molar-refractivity contribution < 1.29 is 13.9 Å². The van der Waals surface area contributed by atoms with Crippen molar-refractivity contribution in [2.75, 3.05) is 7.05 Å². The minimum absolute atomic E-state index is 0.0993. The summed E-state index contributed by atoms with van der Waals surface area (Å²) in [5.74, 6) is 0. The first-order chi connectivity index (χ1) is 10.3. The van der Waals surface area contributed by atoms with E-state index < -0.39 is 5.60 Å². The van der Waals surface area contributed by atoms with Gasteiger partial charge in [0, 0.05) is 18.5 Å². The molecule has 1 heterocycles. The average molecular weight is 303 g/mol. The highest BCUT2D eigenvalue weighted by Crippen LogP contribution is 2.20. The molecular weight excluding hydrogens is 278 g/mol. The Balaban J connectivity index is 2.08. The predicted molar refractivity (Wildman–Crippen MR) is 88.0 cm³/mol. The first kappa shape index (κ1) is 16.4. The molecule has 2 rings (SSSR count). The molecule has 1 aromatic carbocycles. The summed E-state index contributed by atoms with van der Waals surface area (Å²) in [6.45, 7) is 7.72. The van der Waals surface area contributed by atoms with Gasteiger partial charge in [-0.15, -0.1) is 0 Å². The van der Waals surface area contributed by atoms with Crippen LogP contribution in [-0.2, 0) is 11.2 Å². The number of nitrogens with zero attached hydrogens (tertiary/aromatic N) is 1. The number of rotatable bonds is 4. The van der Waals surface area contributed by atoms with Crippen LogP contribution < -0.4 is 0 Å². The standard InChI is InChI=1S/C18H25NO3/c1-6-15(19(5)17(20)22-18(2,3)4)11-13-7-8-14-9-10-21-16(14)12-13/h7-10,12,15H,6,11H2,1-5H3. The third-order valence-electron chi connectivity index (χ3n) is 3.69. The fourth-order valence-corrected chi connectivity index (χ4v) is 2.44. The van der Waals surface area contributed by atoms with Gasteiger partial charge in [0.05, 0.1) is 6.26 Å². The summed E-state index contributed by atoms with van der Waals surface area (Å²) in [4.78, 5) is 13.9. The fourth-order valence-electron chi connectivity index (χ4n) is 2.44. The molecule has 1 amide bonds. The summed E-state index contributed by atoms with van der Waals surface area (Å²) < 4.78 is 10.9. The Morgan fingerprint density at radius 2 is 2.05 bits per heavy atom. The topological polar surface area (TPSA) is 42.7 Å². The van der Waals surface area contributed by atoms with Crippen molar-refractivity contribution in [3.63, 3.8) is 0 Å². The van der Waals surface area contributed by atoms with Crippen LogP contribution in [0.2, 0.25) is 0 Å². The van der Waals surface area contributed by atoms with Crippen molar-refractivity contribution in [1.82, 2.24) is 4.90 Å². The molecule has 0 saturated heterocycles. The molecule has 0 aliphatic rings.